The highest BCUT2D eigenvalue weighted by molar-refractivity contribution is 7.47. The highest BCUT2D eigenvalue weighted by atomic mass is 31.2. The van der Waals surface area contributed by atoms with Gasteiger partial charge < -0.3 is 20.1 Å². The van der Waals surface area contributed by atoms with E-state index in [0.717, 1.165) is 64.2 Å². The molecule has 0 radical (unpaired) electrons. The summed E-state index contributed by atoms with van der Waals surface area (Å²) in [5.41, 5.74) is 0. The molecular weight excluding hydrogens is 605 g/mol. The van der Waals surface area contributed by atoms with Gasteiger partial charge in [0.2, 0.25) is 5.91 Å². The monoisotopic (exact) mass is 671 g/mol. The van der Waals surface area contributed by atoms with Gasteiger partial charge >= 0.3 is 13.8 Å². The summed E-state index contributed by atoms with van der Waals surface area (Å²) in [5.74, 6) is -0.548. The van der Waals surface area contributed by atoms with Crippen LogP contribution in [0.3, 0.4) is 0 Å². The summed E-state index contributed by atoms with van der Waals surface area (Å²) in [4.78, 5) is 33.7. The Balaban J connectivity index is 3.68. The molecule has 0 aromatic carbocycles. The van der Waals surface area contributed by atoms with Gasteiger partial charge in [-0.2, -0.15) is 0 Å². The molecule has 0 saturated heterocycles. The molecule has 0 aliphatic heterocycles. The number of hydrogen-bond acceptors (Lipinski definition) is 7. The second kappa shape index (κ2) is 33.1. The lowest BCUT2D eigenvalue weighted by Gasteiger charge is -2.15. The fraction of sp³-hybridized carbons (Fsp3) is 0.778. The topological polar surface area (TPSA) is 131 Å². The summed E-state index contributed by atoms with van der Waals surface area (Å²) in [6.07, 6.45) is 33.6. The zero-order valence-electron chi connectivity index (χ0n) is 29.0. The molecule has 0 spiro atoms. The molecule has 1 amide bonds. The van der Waals surface area contributed by atoms with Gasteiger partial charge in [0.15, 0.2) is 0 Å². The average Bonchev–Trinajstić information content (AvgIpc) is 3.04. The Morgan fingerprint density at radius 3 is 1.87 bits per heavy atom. The number of aliphatic hydroxyl groups excluding tert-OH is 1. The average molecular weight is 672 g/mol. The number of esters is 1. The molecule has 0 aliphatic carbocycles. The van der Waals surface area contributed by atoms with Crippen LogP contribution in [-0.4, -0.2) is 54.3 Å². The Morgan fingerprint density at radius 1 is 0.696 bits per heavy atom. The maximum absolute atomic E-state index is 12.0. The van der Waals surface area contributed by atoms with E-state index in [2.05, 4.69) is 55.6 Å². The summed E-state index contributed by atoms with van der Waals surface area (Å²) in [7, 11) is -4.41. The van der Waals surface area contributed by atoms with Crippen LogP contribution in [-0.2, 0) is 27.9 Å². The SMILES string of the molecule is CC/C=C\C/C=C\C/C=C\CCCCCC(=O)NCCOP(=O)(O)OCC(O)COC(=O)CCCCCCCCCCCCCC. The Labute approximate surface area is 280 Å². The van der Waals surface area contributed by atoms with E-state index in [1.54, 1.807) is 0 Å². The minimum atomic E-state index is -4.41. The van der Waals surface area contributed by atoms with Crippen molar-refractivity contribution in [3.63, 3.8) is 0 Å². The smallest absolute Gasteiger partial charge is 0.463 e. The van der Waals surface area contributed by atoms with Crippen molar-refractivity contribution < 1.29 is 37.9 Å². The van der Waals surface area contributed by atoms with Crippen molar-refractivity contribution in [1.29, 1.82) is 0 Å². The Kier molecular flexibility index (Phi) is 31.9. The van der Waals surface area contributed by atoms with Gasteiger partial charge in [0.25, 0.3) is 0 Å². The number of phosphoric acid groups is 1. The van der Waals surface area contributed by atoms with Gasteiger partial charge in [0, 0.05) is 19.4 Å². The van der Waals surface area contributed by atoms with E-state index >= 15 is 0 Å². The van der Waals surface area contributed by atoms with Gasteiger partial charge in [-0.3, -0.25) is 18.6 Å². The Morgan fingerprint density at radius 2 is 1.24 bits per heavy atom. The van der Waals surface area contributed by atoms with Crippen LogP contribution in [0, 0.1) is 0 Å². The first-order valence-corrected chi connectivity index (χ1v) is 19.5. The minimum Gasteiger partial charge on any atom is -0.463 e. The van der Waals surface area contributed by atoms with E-state index in [1.165, 1.54) is 57.8 Å². The molecule has 268 valence electrons. The molecule has 0 aromatic heterocycles. The highest BCUT2D eigenvalue weighted by Crippen LogP contribution is 2.42. The number of carbonyl (C=O) groups excluding carboxylic acids is 2. The molecule has 2 unspecified atom stereocenters. The maximum atomic E-state index is 12.0. The maximum Gasteiger partial charge on any atom is 0.472 e. The molecule has 10 heteroatoms. The third-order valence-electron chi connectivity index (χ3n) is 7.33. The van der Waals surface area contributed by atoms with E-state index in [0.29, 0.717) is 6.42 Å². The van der Waals surface area contributed by atoms with E-state index in [4.69, 9.17) is 13.8 Å². The molecule has 46 heavy (non-hydrogen) atoms. The second-order valence-corrected chi connectivity index (χ2v) is 13.3. The van der Waals surface area contributed by atoms with Crippen molar-refractivity contribution in [2.45, 2.75) is 155 Å². The normalized spacial score (nSPS) is 13.9. The van der Waals surface area contributed by atoms with E-state index in [9.17, 15) is 24.2 Å². The minimum absolute atomic E-state index is 0.0660. The fourth-order valence-electron chi connectivity index (χ4n) is 4.63. The van der Waals surface area contributed by atoms with Crippen LogP contribution in [0.25, 0.3) is 0 Å². The van der Waals surface area contributed by atoms with Crippen LogP contribution in [0.1, 0.15) is 149 Å². The van der Waals surface area contributed by atoms with Crippen molar-refractivity contribution in [3.05, 3.63) is 36.5 Å². The number of hydrogen-bond donors (Lipinski definition) is 3. The third kappa shape index (κ3) is 33.6. The van der Waals surface area contributed by atoms with Gasteiger partial charge in [0.05, 0.1) is 13.2 Å². The lowest BCUT2D eigenvalue weighted by Crippen LogP contribution is -2.27. The molecule has 3 N–H and O–H groups in total. The van der Waals surface area contributed by atoms with Crippen molar-refractivity contribution in [3.8, 4) is 0 Å². The number of allylic oxidation sites excluding steroid dienone is 6. The van der Waals surface area contributed by atoms with E-state index < -0.39 is 26.5 Å². The predicted octanol–water partition coefficient (Wildman–Crippen LogP) is 9.04. The van der Waals surface area contributed by atoms with Gasteiger partial charge in [0.1, 0.15) is 12.7 Å². The quantitative estimate of drug-likeness (QED) is 0.0273. The van der Waals surface area contributed by atoms with E-state index in [-0.39, 0.29) is 32.1 Å². The van der Waals surface area contributed by atoms with Crippen molar-refractivity contribution >= 4 is 19.7 Å². The molecule has 0 rings (SSSR count). The summed E-state index contributed by atoms with van der Waals surface area (Å²) < 4.78 is 26.7. The molecule has 0 saturated carbocycles. The molecule has 0 heterocycles. The molecule has 0 bridgehead atoms. The molecule has 0 fully saturated rings. The lowest BCUT2D eigenvalue weighted by molar-refractivity contribution is -0.147. The van der Waals surface area contributed by atoms with E-state index in [1.807, 2.05) is 0 Å². The molecular formula is C36H66NO8P. The number of carbonyl (C=O) groups is 2. The largest absolute Gasteiger partial charge is 0.472 e. The van der Waals surface area contributed by atoms with Crippen LogP contribution in [0.5, 0.6) is 0 Å². The molecule has 0 aliphatic rings. The first-order chi connectivity index (χ1) is 22.3. The van der Waals surface area contributed by atoms with Gasteiger partial charge in [-0.05, 0) is 44.9 Å². The molecule has 2 atom stereocenters. The van der Waals surface area contributed by atoms with Gasteiger partial charge in [-0.1, -0.05) is 127 Å². The fourth-order valence-corrected chi connectivity index (χ4v) is 5.39. The summed E-state index contributed by atoms with van der Waals surface area (Å²) in [6, 6.07) is 0. The number of unbranched alkanes of at least 4 members (excludes halogenated alkanes) is 14. The summed E-state index contributed by atoms with van der Waals surface area (Å²) >= 11 is 0. The van der Waals surface area contributed by atoms with Crippen molar-refractivity contribution in [2.24, 2.45) is 0 Å². The lowest BCUT2D eigenvalue weighted by atomic mass is 10.0. The van der Waals surface area contributed by atoms with Gasteiger partial charge in [-0.15, -0.1) is 0 Å². The van der Waals surface area contributed by atoms with Crippen LogP contribution in [0.2, 0.25) is 0 Å². The Bertz CT molecular complexity index is 861. The standard InChI is InChI=1S/C36H66NO8P/c1-3-5-7-9-11-13-15-17-18-20-22-24-26-28-35(39)37-30-31-44-46(41,42)45-33-34(38)32-43-36(40)29-27-25-23-21-19-16-14-12-10-8-6-4-2/h5,7,11,13,17-18,34,38H,3-4,6,8-10,12,14-16,19-33H2,1-2H3,(H,37,39)(H,41,42)/b7-5-,13-11-,18-17-. The first kappa shape index (κ1) is 44.2. The molecule has 0 aromatic rings. The predicted molar refractivity (Wildman–Crippen MR) is 187 cm³/mol. The number of aliphatic hydroxyl groups is 1. The number of rotatable bonds is 33. The number of ether oxygens (including phenoxy) is 1. The molecule has 9 nitrogen and oxygen atoms in total. The number of phosphoric ester groups is 1. The zero-order valence-corrected chi connectivity index (χ0v) is 29.9. The van der Waals surface area contributed by atoms with Crippen molar-refractivity contribution in [1.82, 2.24) is 5.32 Å². The number of amides is 1. The second-order valence-electron chi connectivity index (χ2n) is 11.8. The first-order valence-electron chi connectivity index (χ1n) is 18.0. The van der Waals surface area contributed by atoms with Crippen LogP contribution >= 0.6 is 7.82 Å². The van der Waals surface area contributed by atoms with Crippen molar-refractivity contribution in [2.75, 3.05) is 26.4 Å². The van der Waals surface area contributed by atoms with Crippen LogP contribution < -0.4 is 5.32 Å². The Hall–Kier alpha value is -1.77. The number of nitrogens with one attached hydrogen (secondary N) is 1. The zero-order chi connectivity index (χ0) is 34.0. The summed E-state index contributed by atoms with van der Waals surface area (Å²) in [6.45, 7) is 3.37. The van der Waals surface area contributed by atoms with Crippen LogP contribution in [0.15, 0.2) is 36.5 Å². The van der Waals surface area contributed by atoms with Crippen LogP contribution in [0.4, 0.5) is 0 Å². The summed E-state index contributed by atoms with van der Waals surface area (Å²) in [5, 5.41) is 12.6. The van der Waals surface area contributed by atoms with Gasteiger partial charge in [-0.25, -0.2) is 4.57 Å². The highest BCUT2D eigenvalue weighted by Gasteiger charge is 2.23. The third-order valence-corrected chi connectivity index (χ3v) is 8.32.